The van der Waals surface area contributed by atoms with Gasteiger partial charge in [-0.25, -0.2) is 0 Å². The fourth-order valence-corrected chi connectivity index (χ4v) is 3.48. The Hall–Kier alpha value is -1.94. The second-order valence-corrected chi connectivity index (χ2v) is 5.37. The van der Waals surface area contributed by atoms with E-state index in [9.17, 15) is 0 Å². The van der Waals surface area contributed by atoms with E-state index in [1.165, 1.54) is 16.9 Å². The van der Waals surface area contributed by atoms with Crippen LogP contribution in [0.4, 0.5) is 0 Å². The fourth-order valence-electron chi connectivity index (χ4n) is 3.48. The van der Waals surface area contributed by atoms with Crippen molar-refractivity contribution >= 4 is 0 Å². The number of benzene rings is 1. The van der Waals surface area contributed by atoms with Gasteiger partial charge in [0.25, 0.3) is 0 Å². The van der Waals surface area contributed by atoms with E-state index in [0.717, 1.165) is 24.6 Å². The summed E-state index contributed by atoms with van der Waals surface area (Å²) >= 11 is 0. The average Bonchev–Trinajstić information content (AvgIpc) is 3.15. The minimum atomic E-state index is 0.333. The van der Waals surface area contributed by atoms with Crippen LogP contribution in [0.15, 0.2) is 30.5 Å². The van der Waals surface area contributed by atoms with Crippen molar-refractivity contribution in [2.45, 2.75) is 19.9 Å². The van der Waals surface area contributed by atoms with Crippen molar-refractivity contribution in [1.82, 2.24) is 4.57 Å². The smallest absolute Gasteiger partial charge is 0.231 e. The van der Waals surface area contributed by atoms with Gasteiger partial charge in [0.15, 0.2) is 17.5 Å². The summed E-state index contributed by atoms with van der Waals surface area (Å²) in [7, 11) is 0. The van der Waals surface area contributed by atoms with Crippen LogP contribution in [0.1, 0.15) is 31.1 Å². The Morgan fingerprint density at radius 1 is 1.20 bits per heavy atom. The van der Waals surface area contributed by atoms with Crippen molar-refractivity contribution in [1.29, 1.82) is 0 Å². The molecule has 0 aliphatic carbocycles. The molecule has 1 N–H and O–H groups in total. The molecule has 1 atom stereocenters. The number of hydrogen-bond donors (Lipinski definition) is 1. The molecular weight excluding hydrogens is 252 g/mol. The second-order valence-electron chi connectivity index (χ2n) is 5.37. The molecular formula is C16H19N2O2+. The molecule has 2 aromatic rings. The van der Waals surface area contributed by atoms with Crippen LogP contribution in [0.5, 0.6) is 11.5 Å². The summed E-state index contributed by atoms with van der Waals surface area (Å²) in [5, 5.41) is 0. The zero-order valence-corrected chi connectivity index (χ0v) is 11.8. The summed E-state index contributed by atoms with van der Waals surface area (Å²) in [5.41, 5.74) is 3.95. The summed E-state index contributed by atoms with van der Waals surface area (Å²) in [6, 6.07) is 9.02. The number of aromatic nitrogens is 1. The third-order valence-electron chi connectivity index (χ3n) is 4.48. The van der Waals surface area contributed by atoms with Gasteiger partial charge in [-0.05, 0) is 32.0 Å². The largest absolute Gasteiger partial charge is 0.454 e. The molecule has 1 unspecified atom stereocenters. The molecule has 0 bridgehead atoms. The first-order chi connectivity index (χ1) is 9.83. The van der Waals surface area contributed by atoms with E-state index in [1.54, 1.807) is 4.90 Å². The van der Waals surface area contributed by atoms with Gasteiger partial charge in [0.2, 0.25) is 6.79 Å². The third kappa shape index (κ3) is 1.45. The molecule has 0 saturated carbocycles. The molecule has 0 spiro atoms. The Kier molecular flexibility index (Phi) is 2.54. The van der Waals surface area contributed by atoms with Gasteiger partial charge in [-0.15, -0.1) is 0 Å². The second kappa shape index (κ2) is 4.28. The van der Waals surface area contributed by atoms with Crippen LogP contribution < -0.4 is 14.4 Å². The molecule has 0 fully saturated rings. The van der Waals surface area contributed by atoms with Gasteiger partial charge in [0.1, 0.15) is 0 Å². The van der Waals surface area contributed by atoms with Gasteiger partial charge in [-0.2, -0.15) is 0 Å². The van der Waals surface area contributed by atoms with Crippen molar-refractivity contribution in [3.05, 3.63) is 41.7 Å². The van der Waals surface area contributed by atoms with Gasteiger partial charge >= 0.3 is 0 Å². The molecule has 4 nitrogen and oxygen atoms in total. The van der Waals surface area contributed by atoms with Crippen LogP contribution in [0.25, 0.3) is 5.69 Å². The highest BCUT2D eigenvalue weighted by Gasteiger charge is 2.37. The summed E-state index contributed by atoms with van der Waals surface area (Å²) in [5.74, 6) is 1.74. The topological polar surface area (TPSA) is 27.8 Å². The molecule has 3 heterocycles. The van der Waals surface area contributed by atoms with Crippen molar-refractivity contribution in [2.75, 3.05) is 19.9 Å². The number of quaternary nitrogens is 1. The molecule has 1 aromatic carbocycles. The van der Waals surface area contributed by atoms with E-state index in [2.05, 4.69) is 48.9 Å². The lowest BCUT2D eigenvalue weighted by molar-refractivity contribution is -0.922. The molecule has 0 radical (unpaired) electrons. The van der Waals surface area contributed by atoms with E-state index in [4.69, 9.17) is 9.47 Å². The maximum Gasteiger partial charge on any atom is 0.231 e. The number of hydrogen-bond acceptors (Lipinski definition) is 2. The number of nitrogens with zero attached hydrogens (tertiary/aromatic N) is 1. The lowest BCUT2D eigenvalue weighted by Gasteiger charge is -2.23. The summed E-state index contributed by atoms with van der Waals surface area (Å²) in [6.07, 6.45) is 2.14. The minimum absolute atomic E-state index is 0.333. The first-order valence-corrected chi connectivity index (χ1v) is 7.29. The Morgan fingerprint density at radius 2 is 1.95 bits per heavy atom. The summed E-state index contributed by atoms with van der Waals surface area (Å²) in [4.78, 5) is 1.57. The van der Waals surface area contributed by atoms with Crippen LogP contribution in [-0.4, -0.2) is 24.4 Å². The Balaban J connectivity index is 1.92. The van der Waals surface area contributed by atoms with Crippen molar-refractivity contribution in [3.63, 3.8) is 0 Å². The standard InChI is InChI=1S/C16H18N2O2/c1-3-17(4-2)16-11-8-14-15(20-10-19-14)9-13(11)18-7-5-6-12(16)18/h5-9,16H,3-4,10H2,1-2H3/p+1. The lowest BCUT2D eigenvalue weighted by atomic mass is 10.0. The van der Waals surface area contributed by atoms with E-state index in [0.29, 0.717) is 12.8 Å². The van der Waals surface area contributed by atoms with Gasteiger partial charge in [0, 0.05) is 17.8 Å². The highest BCUT2D eigenvalue weighted by molar-refractivity contribution is 5.61. The van der Waals surface area contributed by atoms with E-state index < -0.39 is 0 Å². The van der Waals surface area contributed by atoms with Gasteiger partial charge in [-0.3, -0.25) is 0 Å². The molecule has 104 valence electrons. The number of fused-ring (bicyclic) bond motifs is 4. The zero-order chi connectivity index (χ0) is 13.7. The predicted octanol–water partition coefficient (Wildman–Crippen LogP) is 1.53. The maximum absolute atomic E-state index is 5.55. The molecule has 20 heavy (non-hydrogen) atoms. The van der Waals surface area contributed by atoms with Crippen molar-refractivity contribution in [2.24, 2.45) is 0 Å². The van der Waals surface area contributed by atoms with E-state index >= 15 is 0 Å². The van der Waals surface area contributed by atoms with Crippen LogP contribution in [-0.2, 0) is 0 Å². The quantitative estimate of drug-likeness (QED) is 0.917. The summed E-state index contributed by atoms with van der Waals surface area (Å²) in [6.45, 7) is 7.05. The fraction of sp³-hybridized carbons (Fsp3) is 0.375. The Labute approximate surface area is 118 Å². The first-order valence-electron chi connectivity index (χ1n) is 7.29. The van der Waals surface area contributed by atoms with E-state index in [-0.39, 0.29) is 0 Å². The predicted molar refractivity (Wildman–Crippen MR) is 75.8 cm³/mol. The minimum Gasteiger partial charge on any atom is -0.454 e. The zero-order valence-electron chi connectivity index (χ0n) is 11.8. The number of ether oxygens (including phenoxy) is 2. The first kappa shape index (κ1) is 11.9. The molecule has 2 aliphatic rings. The molecule has 4 rings (SSSR count). The molecule has 0 amide bonds. The third-order valence-corrected chi connectivity index (χ3v) is 4.48. The molecule has 0 saturated heterocycles. The van der Waals surface area contributed by atoms with Gasteiger partial charge < -0.3 is 18.9 Å². The lowest BCUT2D eigenvalue weighted by Crippen LogP contribution is -3.11. The Morgan fingerprint density at radius 3 is 2.70 bits per heavy atom. The average molecular weight is 271 g/mol. The van der Waals surface area contributed by atoms with Crippen LogP contribution in [0, 0.1) is 0 Å². The van der Waals surface area contributed by atoms with Crippen LogP contribution >= 0.6 is 0 Å². The van der Waals surface area contributed by atoms with E-state index in [1.807, 2.05) is 0 Å². The van der Waals surface area contributed by atoms with Gasteiger partial charge in [-0.1, -0.05) is 0 Å². The van der Waals surface area contributed by atoms with Crippen molar-refractivity contribution < 1.29 is 14.4 Å². The van der Waals surface area contributed by atoms with Crippen LogP contribution in [0.3, 0.4) is 0 Å². The van der Waals surface area contributed by atoms with Crippen molar-refractivity contribution in [3.8, 4) is 17.2 Å². The normalized spacial score (nSPS) is 18.4. The summed E-state index contributed by atoms with van der Waals surface area (Å²) < 4.78 is 13.4. The molecule has 2 aliphatic heterocycles. The number of nitrogens with one attached hydrogen (secondary N) is 1. The van der Waals surface area contributed by atoms with Crippen LogP contribution in [0.2, 0.25) is 0 Å². The maximum atomic E-state index is 5.55. The Bertz CT molecular complexity index is 658. The molecule has 1 aromatic heterocycles. The van der Waals surface area contributed by atoms with Gasteiger partial charge in [0.05, 0.1) is 24.5 Å². The molecule has 4 heteroatoms. The SMILES string of the molecule is CC[NH+](CC)C1c2cc3c(cc2-n2cccc21)OCO3. The monoisotopic (exact) mass is 271 g/mol. The highest BCUT2D eigenvalue weighted by Crippen LogP contribution is 2.43. The highest BCUT2D eigenvalue weighted by atomic mass is 16.7. The number of rotatable bonds is 3.